The SMILES string of the molecule is O[B]Oc1ccc(N2CCCCC2)cc1. The fourth-order valence-corrected chi connectivity index (χ4v) is 1.95. The van der Waals surface area contributed by atoms with Gasteiger partial charge < -0.3 is 14.6 Å². The van der Waals surface area contributed by atoms with Crippen molar-refractivity contribution < 1.29 is 9.68 Å². The Morgan fingerprint density at radius 3 is 2.33 bits per heavy atom. The minimum atomic E-state index is 0.665. The molecule has 0 aliphatic carbocycles. The van der Waals surface area contributed by atoms with Crippen molar-refractivity contribution in [1.82, 2.24) is 0 Å². The number of nitrogens with zero attached hydrogens (tertiary/aromatic N) is 1. The molecule has 79 valence electrons. The molecule has 1 aromatic carbocycles. The van der Waals surface area contributed by atoms with Gasteiger partial charge in [0.2, 0.25) is 0 Å². The van der Waals surface area contributed by atoms with Crippen molar-refractivity contribution in [3.8, 4) is 5.75 Å². The van der Waals surface area contributed by atoms with Crippen LogP contribution in [-0.4, -0.2) is 25.8 Å². The van der Waals surface area contributed by atoms with Crippen molar-refractivity contribution in [2.24, 2.45) is 0 Å². The molecule has 1 aliphatic rings. The van der Waals surface area contributed by atoms with Crippen LogP contribution in [0.25, 0.3) is 0 Å². The Kier molecular flexibility index (Phi) is 3.51. The molecule has 0 atom stereocenters. The highest BCUT2D eigenvalue weighted by atomic mass is 16.5. The van der Waals surface area contributed by atoms with E-state index in [1.165, 1.54) is 24.9 Å². The summed E-state index contributed by atoms with van der Waals surface area (Å²) in [6.45, 7) is 2.29. The van der Waals surface area contributed by atoms with E-state index in [1.807, 2.05) is 24.3 Å². The van der Waals surface area contributed by atoms with E-state index in [-0.39, 0.29) is 0 Å². The quantitative estimate of drug-likeness (QED) is 0.758. The van der Waals surface area contributed by atoms with Gasteiger partial charge in [-0.2, -0.15) is 0 Å². The van der Waals surface area contributed by atoms with Gasteiger partial charge in [-0.05, 0) is 43.5 Å². The summed E-state index contributed by atoms with van der Waals surface area (Å²) in [7, 11) is 0.704. The molecule has 0 aromatic heterocycles. The van der Waals surface area contributed by atoms with E-state index in [1.54, 1.807) is 0 Å². The topological polar surface area (TPSA) is 32.7 Å². The van der Waals surface area contributed by atoms with Crippen LogP contribution < -0.4 is 9.55 Å². The highest BCUT2D eigenvalue weighted by Crippen LogP contribution is 2.22. The van der Waals surface area contributed by atoms with Gasteiger partial charge in [-0.1, -0.05) is 0 Å². The lowest BCUT2D eigenvalue weighted by Gasteiger charge is -2.28. The molecule has 0 saturated carbocycles. The van der Waals surface area contributed by atoms with Crippen LogP contribution in [0.15, 0.2) is 24.3 Å². The third kappa shape index (κ3) is 2.66. The van der Waals surface area contributed by atoms with Crippen molar-refractivity contribution in [3.05, 3.63) is 24.3 Å². The molecule has 1 N–H and O–H groups in total. The Balaban J connectivity index is 2.02. The first-order chi connectivity index (χ1) is 7.40. The van der Waals surface area contributed by atoms with Gasteiger partial charge in [-0.15, -0.1) is 0 Å². The average Bonchev–Trinajstić information content (AvgIpc) is 2.32. The molecule has 1 aromatic rings. The maximum Gasteiger partial charge on any atom is 0.569 e. The number of piperidine rings is 1. The van der Waals surface area contributed by atoms with Gasteiger partial charge in [-0.3, -0.25) is 0 Å². The Bertz CT molecular complexity index is 296. The molecule has 0 bridgehead atoms. The summed E-state index contributed by atoms with van der Waals surface area (Å²) in [5, 5.41) is 8.48. The Hall–Kier alpha value is -1.16. The van der Waals surface area contributed by atoms with E-state index in [2.05, 4.69) is 4.90 Å². The van der Waals surface area contributed by atoms with E-state index >= 15 is 0 Å². The monoisotopic (exact) mass is 204 g/mol. The third-order valence-corrected chi connectivity index (χ3v) is 2.75. The fraction of sp³-hybridized carbons (Fsp3) is 0.455. The van der Waals surface area contributed by atoms with Crippen molar-refractivity contribution in [2.45, 2.75) is 19.3 Å². The van der Waals surface area contributed by atoms with Crippen LogP contribution in [0.4, 0.5) is 5.69 Å². The van der Waals surface area contributed by atoms with Gasteiger partial charge in [0.05, 0.1) is 0 Å². The molecular weight excluding hydrogens is 189 g/mol. The van der Waals surface area contributed by atoms with Gasteiger partial charge >= 0.3 is 7.69 Å². The lowest BCUT2D eigenvalue weighted by Crippen LogP contribution is -2.29. The number of hydrogen-bond donors (Lipinski definition) is 1. The lowest BCUT2D eigenvalue weighted by molar-refractivity contribution is 0.454. The summed E-state index contributed by atoms with van der Waals surface area (Å²) < 4.78 is 4.86. The molecule has 0 spiro atoms. The van der Waals surface area contributed by atoms with Gasteiger partial charge in [0.25, 0.3) is 0 Å². The average molecular weight is 204 g/mol. The summed E-state index contributed by atoms with van der Waals surface area (Å²) >= 11 is 0. The Morgan fingerprint density at radius 2 is 1.73 bits per heavy atom. The third-order valence-electron chi connectivity index (χ3n) is 2.75. The van der Waals surface area contributed by atoms with Crippen molar-refractivity contribution in [3.63, 3.8) is 0 Å². The van der Waals surface area contributed by atoms with Gasteiger partial charge in [0, 0.05) is 18.8 Å². The van der Waals surface area contributed by atoms with Crippen LogP contribution in [0, 0.1) is 0 Å². The predicted molar refractivity (Wildman–Crippen MR) is 61.1 cm³/mol. The first-order valence-electron chi connectivity index (χ1n) is 5.38. The van der Waals surface area contributed by atoms with E-state index in [9.17, 15) is 0 Å². The van der Waals surface area contributed by atoms with Crippen LogP contribution in [0.2, 0.25) is 0 Å². The second-order valence-electron chi connectivity index (χ2n) is 3.76. The number of anilines is 1. The van der Waals surface area contributed by atoms with Gasteiger partial charge in [-0.25, -0.2) is 0 Å². The normalized spacial score (nSPS) is 16.2. The van der Waals surface area contributed by atoms with Gasteiger partial charge in [0.15, 0.2) is 0 Å². The van der Waals surface area contributed by atoms with Gasteiger partial charge in [0.1, 0.15) is 5.75 Å². The Labute approximate surface area is 91.0 Å². The summed E-state index contributed by atoms with van der Waals surface area (Å²) in [5.74, 6) is 0.665. The van der Waals surface area contributed by atoms with E-state index in [4.69, 9.17) is 9.68 Å². The first kappa shape index (κ1) is 10.4. The molecule has 4 heteroatoms. The molecule has 2 rings (SSSR count). The smallest absolute Gasteiger partial charge is 0.537 e. The minimum Gasteiger partial charge on any atom is -0.537 e. The molecule has 0 amide bonds. The van der Waals surface area contributed by atoms with Crippen LogP contribution in [0.1, 0.15) is 19.3 Å². The molecule has 3 nitrogen and oxygen atoms in total. The standard InChI is InChI=1S/C11H15BNO2/c14-12-15-11-6-4-10(5-7-11)13-8-2-1-3-9-13/h4-7,14H,1-3,8-9H2. The number of benzene rings is 1. The summed E-state index contributed by atoms with van der Waals surface area (Å²) in [6, 6.07) is 7.81. The second-order valence-corrected chi connectivity index (χ2v) is 3.76. The molecule has 1 fully saturated rings. The largest absolute Gasteiger partial charge is 0.569 e. The molecule has 1 aliphatic heterocycles. The van der Waals surface area contributed by atoms with Crippen LogP contribution >= 0.6 is 0 Å². The molecule has 1 radical (unpaired) electrons. The Morgan fingerprint density at radius 1 is 1.07 bits per heavy atom. The summed E-state index contributed by atoms with van der Waals surface area (Å²) in [6.07, 6.45) is 3.91. The number of hydrogen-bond acceptors (Lipinski definition) is 3. The predicted octanol–water partition coefficient (Wildman–Crippen LogP) is 1.58. The fourth-order valence-electron chi connectivity index (χ4n) is 1.95. The van der Waals surface area contributed by atoms with Crippen molar-refractivity contribution in [2.75, 3.05) is 18.0 Å². The first-order valence-corrected chi connectivity index (χ1v) is 5.38. The second kappa shape index (κ2) is 5.07. The van der Waals surface area contributed by atoms with Crippen LogP contribution in [0.5, 0.6) is 5.75 Å². The summed E-state index contributed by atoms with van der Waals surface area (Å²) in [5.41, 5.74) is 1.24. The molecule has 1 heterocycles. The van der Waals surface area contributed by atoms with Crippen molar-refractivity contribution in [1.29, 1.82) is 0 Å². The summed E-state index contributed by atoms with van der Waals surface area (Å²) in [4.78, 5) is 2.38. The van der Waals surface area contributed by atoms with E-state index < -0.39 is 0 Å². The van der Waals surface area contributed by atoms with Crippen LogP contribution in [0.3, 0.4) is 0 Å². The van der Waals surface area contributed by atoms with E-state index in [0.29, 0.717) is 13.4 Å². The zero-order valence-corrected chi connectivity index (χ0v) is 8.72. The number of rotatable bonds is 3. The molecule has 15 heavy (non-hydrogen) atoms. The maximum absolute atomic E-state index is 8.48. The van der Waals surface area contributed by atoms with Crippen LogP contribution in [-0.2, 0) is 0 Å². The van der Waals surface area contributed by atoms with E-state index in [0.717, 1.165) is 13.1 Å². The maximum atomic E-state index is 8.48. The molecule has 0 unspecified atom stereocenters. The molecular formula is C11H15BNO2. The molecule has 1 saturated heterocycles. The highest BCUT2D eigenvalue weighted by molar-refractivity contribution is 6.17. The lowest BCUT2D eigenvalue weighted by atomic mass is 10.1. The zero-order chi connectivity index (χ0) is 10.5. The zero-order valence-electron chi connectivity index (χ0n) is 8.72. The minimum absolute atomic E-state index is 0.665. The van der Waals surface area contributed by atoms with Crippen molar-refractivity contribution >= 4 is 13.4 Å². The highest BCUT2D eigenvalue weighted by Gasteiger charge is 2.10.